The van der Waals surface area contributed by atoms with Gasteiger partial charge >= 0.3 is 0 Å². The third kappa shape index (κ3) is 2.86. The van der Waals surface area contributed by atoms with E-state index < -0.39 is 23.1 Å². The molecule has 0 fully saturated rings. The largest absolute Gasteiger partial charge is 0.494 e. The molecule has 0 spiro atoms. The zero-order valence-electron chi connectivity index (χ0n) is 11.0. The number of hydrogen-bond acceptors (Lipinski definition) is 4. The average Bonchev–Trinajstić information content (AvgIpc) is 2.41. The van der Waals surface area contributed by atoms with E-state index in [0.717, 1.165) is 12.1 Å². The minimum Gasteiger partial charge on any atom is -0.494 e. The Morgan fingerprint density at radius 1 is 1.10 bits per heavy atom. The van der Waals surface area contributed by atoms with Gasteiger partial charge in [-0.1, -0.05) is 6.07 Å². The maximum Gasteiger partial charge on any atom is 0.255 e. The number of anilines is 1. The second-order valence-electron chi connectivity index (χ2n) is 4.10. The number of carbonyl (C=O) groups is 1. The molecule has 1 amide bonds. The number of halogens is 2. The quantitative estimate of drug-likeness (QED) is 0.848. The summed E-state index contributed by atoms with van der Waals surface area (Å²) in [7, 11) is 1.27. The first-order valence-corrected chi connectivity index (χ1v) is 5.83. The smallest absolute Gasteiger partial charge is 0.255 e. The number of ether oxygens (including phenoxy) is 2. The van der Waals surface area contributed by atoms with Gasteiger partial charge in [0.1, 0.15) is 17.1 Å². The lowest BCUT2D eigenvalue weighted by atomic mass is 10.1. The Morgan fingerprint density at radius 3 is 2.43 bits per heavy atom. The molecule has 0 heterocycles. The van der Waals surface area contributed by atoms with Gasteiger partial charge in [-0.15, -0.1) is 0 Å². The molecule has 0 radical (unpaired) electrons. The van der Waals surface area contributed by atoms with Crippen LogP contribution in [0.1, 0.15) is 10.4 Å². The Kier molecular flexibility index (Phi) is 3.93. The highest BCUT2D eigenvalue weighted by atomic mass is 19.1. The molecule has 0 aliphatic heterocycles. The van der Waals surface area contributed by atoms with Crippen molar-refractivity contribution in [1.29, 1.82) is 0 Å². The number of rotatable bonds is 4. The van der Waals surface area contributed by atoms with Crippen LogP contribution in [-0.2, 0) is 0 Å². The van der Waals surface area contributed by atoms with E-state index in [1.165, 1.54) is 25.3 Å². The van der Waals surface area contributed by atoms with E-state index in [-0.39, 0.29) is 22.9 Å². The van der Waals surface area contributed by atoms with Crippen molar-refractivity contribution in [1.82, 2.24) is 0 Å². The number of hydrogen-bond donors (Lipinski definition) is 2. The van der Waals surface area contributed by atoms with Gasteiger partial charge in [-0.05, 0) is 12.1 Å². The molecule has 4 N–H and O–H groups in total. The highest BCUT2D eigenvalue weighted by molar-refractivity contribution is 5.96. The SMILES string of the molecule is COc1cc(Oc2cccc(F)c2C(N)=O)c(N)cc1F. The fraction of sp³-hybridized carbons (Fsp3) is 0.0714. The molecule has 2 rings (SSSR count). The number of nitrogen functional groups attached to an aromatic ring is 1. The summed E-state index contributed by atoms with van der Waals surface area (Å²) in [4.78, 5) is 11.3. The van der Waals surface area contributed by atoms with E-state index in [1.54, 1.807) is 0 Å². The standard InChI is InChI=1S/C14H12F2N2O3/c1-20-11-6-12(9(17)5-8(11)16)21-10-4-2-3-7(15)13(10)14(18)19/h2-6H,17H2,1H3,(H2,18,19). The van der Waals surface area contributed by atoms with Crippen molar-refractivity contribution in [2.24, 2.45) is 5.73 Å². The van der Waals surface area contributed by atoms with Gasteiger partial charge in [0, 0.05) is 12.1 Å². The Balaban J connectivity index is 2.48. The van der Waals surface area contributed by atoms with Gasteiger partial charge in [-0.25, -0.2) is 8.78 Å². The molecule has 0 aliphatic carbocycles. The summed E-state index contributed by atoms with van der Waals surface area (Å²) in [6, 6.07) is 5.95. The molecule has 0 unspecified atom stereocenters. The summed E-state index contributed by atoms with van der Waals surface area (Å²) in [6.07, 6.45) is 0. The summed E-state index contributed by atoms with van der Waals surface area (Å²) in [5.74, 6) is -2.69. The fourth-order valence-corrected chi connectivity index (χ4v) is 1.74. The van der Waals surface area contributed by atoms with Crippen molar-refractivity contribution < 1.29 is 23.0 Å². The summed E-state index contributed by atoms with van der Waals surface area (Å²) in [5.41, 5.74) is 10.3. The Labute approximate surface area is 119 Å². The first-order chi connectivity index (χ1) is 9.93. The van der Waals surface area contributed by atoms with Gasteiger partial charge in [0.2, 0.25) is 0 Å². The number of methoxy groups -OCH3 is 1. The highest BCUT2D eigenvalue weighted by Gasteiger charge is 2.17. The van der Waals surface area contributed by atoms with Gasteiger partial charge < -0.3 is 20.9 Å². The van der Waals surface area contributed by atoms with Crippen LogP contribution in [0.3, 0.4) is 0 Å². The van der Waals surface area contributed by atoms with Gasteiger partial charge in [-0.2, -0.15) is 0 Å². The fourth-order valence-electron chi connectivity index (χ4n) is 1.74. The maximum atomic E-state index is 13.6. The van der Waals surface area contributed by atoms with Crippen LogP contribution in [0, 0.1) is 11.6 Å². The molecule has 0 aliphatic rings. The average molecular weight is 294 g/mol. The Hall–Kier alpha value is -2.83. The minimum absolute atomic E-state index is 0.0151. The predicted molar refractivity (Wildman–Crippen MR) is 72.4 cm³/mol. The normalized spacial score (nSPS) is 10.2. The van der Waals surface area contributed by atoms with Crippen LogP contribution >= 0.6 is 0 Å². The van der Waals surface area contributed by atoms with Gasteiger partial charge in [0.05, 0.1) is 12.8 Å². The molecule has 0 aromatic heterocycles. The molecule has 5 nitrogen and oxygen atoms in total. The van der Waals surface area contributed by atoms with Crippen LogP contribution in [0.5, 0.6) is 17.2 Å². The van der Waals surface area contributed by atoms with Gasteiger partial charge in [-0.3, -0.25) is 4.79 Å². The van der Waals surface area contributed by atoms with E-state index >= 15 is 0 Å². The zero-order chi connectivity index (χ0) is 15.6. The summed E-state index contributed by atoms with van der Waals surface area (Å²) in [6.45, 7) is 0. The molecule has 0 saturated carbocycles. The third-order valence-electron chi connectivity index (χ3n) is 2.73. The molecular weight excluding hydrogens is 282 g/mol. The molecule has 7 heteroatoms. The molecule has 2 aromatic rings. The summed E-state index contributed by atoms with van der Waals surface area (Å²) < 4.78 is 37.2. The van der Waals surface area contributed by atoms with Crippen molar-refractivity contribution >= 4 is 11.6 Å². The van der Waals surface area contributed by atoms with Crippen LogP contribution in [0.15, 0.2) is 30.3 Å². The molecule has 0 saturated heterocycles. The van der Waals surface area contributed by atoms with Gasteiger partial charge in [0.15, 0.2) is 17.3 Å². The molecule has 2 aromatic carbocycles. The zero-order valence-corrected chi connectivity index (χ0v) is 11.0. The number of nitrogens with two attached hydrogens (primary N) is 2. The first kappa shape index (κ1) is 14.6. The highest BCUT2D eigenvalue weighted by Crippen LogP contribution is 2.35. The van der Waals surface area contributed by atoms with Crippen LogP contribution in [0.2, 0.25) is 0 Å². The topological polar surface area (TPSA) is 87.6 Å². The lowest BCUT2D eigenvalue weighted by molar-refractivity contribution is 0.0994. The Bertz CT molecular complexity index is 705. The van der Waals surface area contributed by atoms with E-state index in [4.69, 9.17) is 20.9 Å². The summed E-state index contributed by atoms with van der Waals surface area (Å²) >= 11 is 0. The van der Waals surface area contributed by atoms with E-state index in [0.29, 0.717) is 0 Å². The molecule has 0 atom stereocenters. The monoisotopic (exact) mass is 294 g/mol. The van der Waals surface area contributed by atoms with Crippen LogP contribution in [0.4, 0.5) is 14.5 Å². The van der Waals surface area contributed by atoms with Crippen LogP contribution in [-0.4, -0.2) is 13.0 Å². The second kappa shape index (κ2) is 5.66. The van der Waals surface area contributed by atoms with Crippen molar-refractivity contribution in [3.63, 3.8) is 0 Å². The second-order valence-corrected chi connectivity index (χ2v) is 4.10. The molecule has 21 heavy (non-hydrogen) atoms. The number of benzene rings is 2. The lowest BCUT2D eigenvalue weighted by Crippen LogP contribution is -2.14. The predicted octanol–water partition coefficient (Wildman–Crippen LogP) is 2.45. The number of primary amides is 1. The number of amides is 1. The van der Waals surface area contributed by atoms with Crippen molar-refractivity contribution in [2.75, 3.05) is 12.8 Å². The van der Waals surface area contributed by atoms with E-state index in [1.807, 2.05) is 0 Å². The lowest BCUT2D eigenvalue weighted by Gasteiger charge is -2.13. The first-order valence-electron chi connectivity index (χ1n) is 5.83. The third-order valence-corrected chi connectivity index (χ3v) is 2.73. The molecule has 110 valence electrons. The van der Waals surface area contributed by atoms with E-state index in [2.05, 4.69) is 0 Å². The maximum absolute atomic E-state index is 13.6. The van der Waals surface area contributed by atoms with Crippen molar-refractivity contribution in [3.05, 3.63) is 47.5 Å². The minimum atomic E-state index is -0.990. The van der Waals surface area contributed by atoms with Gasteiger partial charge in [0.25, 0.3) is 5.91 Å². The van der Waals surface area contributed by atoms with Crippen molar-refractivity contribution in [3.8, 4) is 17.2 Å². The molecule has 0 bridgehead atoms. The van der Waals surface area contributed by atoms with Crippen LogP contribution in [0.25, 0.3) is 0 Å². The Morgan fingerprint density at radius 2 is 1.81 bits per heavy atom. The number of carbonyl (C=O) groups excluding carboxylic acids is 1. The van der Waals surface area contributed by atoms with Crippen LogP contribution < -0.4 is 20.9 Å². The van der Waals surface area contributed by atoms with Crippen molar-refractivity contribution in [2.45, 2.75) is 0 Å². The van der Waals surface area contributed by atoms with E-state index in [9.17, 15) is 13.6 Å². The molecular formula is C14H12F2N2O3. The summed E-state index contributed by atoms with van der Waals surface area (Å²) in [5, 5.41) is 0.